The summed E-state index contributed by atoms with van der Waals surface area (Å²) in [5, 5.41) is 3.36. The third kappa shape index (κ3) is 4.06. The van der Waals surface area contributed by atoms with Crippen molar-refractivity contribution in [2.45, 2.75) is 38.6 Å². The molecule has 1 aliphatic carbocycles. The highest BCUT2D eigenvalue weighted by molar-refractivity contribution is 5.48. The average Bonchev–Trinajstić information content (AvgIpc) is 2.34. The summed E-state index contributed by atoms with van der Waals surface area (Å²) >= 11 is 0. The van der Waals surface area contributed by atoms with E-state index in [1.54, 1.807) is 6.33 Å². The van der Waals surface area contributed by atoms with Crippen LogP contribution in [0, 0.1) is 5.92 Å². The molecule has 0 aromatic carbocycles. The number of nitrogens with two attached hydrogens (primary N) is 1. The first-order chi connectivity index (χ1) is 9.19. The Balaban J connectivity index is 1.93. The first kappa shape index (κ1) is 14.1. The maximum absolute atomic E-state index is 5.56. The molecule has 0 spiro atoms. The van der Waals surface area contributed by atoms with Gasteiger partial charge in [-0.15, -0.1) is 0 Å². The van der Waals surface area contributed by atoms with Crippen LogP contribution in [-0.4, -0.2) is 36.1 Å². The molecule has 5 heteroatoms. The molecule has 1 saturated carbocycles. The zero-order chi connectivity index (χ0) is 13.7. The van der Waals surface area contributed by atoms with Crippen LogP contribution in [0.4, 0.5) is 11.6 Å². The summed E-state index contributed by atoms with van der Waals surface area (Å²) in [7, 11) is 2.10. The third-order valence-electron chi connectivity index (χ3n) is 3.79. The molecule has 0 aliphatic heterocycles. The Morgan fingerprint density at radius 1 is 1.47 bits per heavy atom. The van der Waals surface area contributed by atoms with E-state index in [0.29, 0.717) is 12.6 Å². The molecule has 3 N–H and O–H groups in total. The standard InChI is InChI=1S/C14H25N5/c1-11(6-7-15)18-13-8-14(17-10-16-13)19(2)9-12-4-3-5-12/h8,10-12H,3-7,9,15H2,1-2H3,(H,16,17,18). The van der Waals surface area contributed by atoms with E-state index in [-0.39, 0.29) is 0 Å². The molecule has 2 rings (SSSR count). The number of hydrogen-bond donors (Lipinski definition) is 2. The van der Waals surface area contributed by atoms with Crippen LogP contribution in [0.1, 0.15) is 32.6 Å². The number of rotatable bonds is 7. The Kier molecular flexibility index (Phi) is 4.96. The van der Waals surface area contributed by atoms with Gasteiger partial charge in [0.05, 0.1) is 0 Å². The van der Waals surface area contributed by atoms with E-state index in [4.69, 9.17) is 5.73 Å². The van der Waals surface area contributed by atoms with Gasteiger partial charge in [-0.1, -0.05) is 6.42 Å². The summed E-state index contributed by atoms with van der Waals surface area (Å²) in [6.07, 6.45) is 6.66. The molecule has 1 unspecified atom stereocenters. The summed E-state index contributed by atoms with van der Waals surface area (Å²) in [6.45, 7) is 3.90. The fourth-order valence-electron chi connectivity index (χ4n) is 2.37. The van der Waals surface area contributed by atoms with Crippen molar-refractivity contribution < 1.29 is 0 Å². The molecule has 0 saturated heterocycles. The molecule has 5 nitrogen and oxygen atoms in total. The normalized spacial score (nSPS) is 16.8. The highest BCUT2D eigenvalue weighted by atomic mass is 15.2. The maximum atomic E-state index is 5.56. The quantitative estimate of drug-likeness (QED) is 0.786. The fourth-order valence-corrected chi connectivity index (χ4v) is 2.37. The van der Waals surface area contributed by atoms with E-state index in [0.717, 1.165) is 30.5 Å². The van der Waals surface area contributed by atoms with Gasteiger partial charge < -0.3 is 16.0 Å². The first-order valence-electron chi connectivity index (χ1n) is 7.19. The van der Waals surface area contributed by atoms with Crippen LogP contribution >= 0.6 is 0 Å². The predicted molar refractivity (Wildman–Crippen MR) is 79.4 cm³/mol. The molecule has 1 fully saturated rings. The molecule has 1 aliphatic rings. The summed E-state index contributed by atoms with van der Waals surface area (Å²) in [5.74, 6) is 2.71. The summed E-state index contributed by atoms with van der Waals surface area (Å²) in [5.41, 5.74) is 5.56. The summed E-state index contributed by atoms with van der Waals surface area (Å²) < 4.78 is 0. The Morgan fingerprint density at radius 2 is 2.26 bits per heavy atom. The lowest BCUT2D eigenvalue weighted by molar-refractivity contribution is 0.321. The molecule has 0 radical (unpaired) electrons. The first-order valence-corrected chi connectivity index (χ1v) is 7.19. The smallest absolute Gasteiger partial charge is 0.133 e. The van der Waals surface area contributed by atoms with Gasteiger partial charge in [-0.25, -0.2) is 9.97 Å². The highest BCUT2D eigenvalue weighted by Gasteiger charge is 2.19. The molecule has 0 amide bonds. The number of nitrogens with zero attached hydrogens (tertiary/aromatic N) is 3. The van der Waals surface area contributed by atoms with Crippen LogP contribution in [0.5, 0.6) is 0 Å². The number of aromatic nitrogens is 2. The molecule has 106 valence electrons. The SMILES string of the molecule is CC(CCN)Nc1cc(N(C)CC2CCC2)ncn1. The van der Waals surface area contributed by atoms with E-state index < -0.39 is 0 Å². The van der Waals surface area contributed by atoms with Gasteiger partial charge in [-0.2, -0.15) is 0 Å². The van der Waals surface area contributed by atoms with E-state index in [1.165, 1.54) is 19.3 Å². The van der Waals surface area contributed by atoms with E-state index in [9.17, 15) is 0 Å². The van der Waals surface area contributed by atoms with Gasteiger partial charge in [0.25, 0.3) is 0 Å². The van der Waals surface area contributed by atoms with Crippen molar-refractivity contribution in [3.8, 4) is 0 Å². The molecular formula is C14H25N5. The van der Waals surface area contributed by atoms with Crippen molar-refractivity contribution in [1.29, 1.82) is 0 Å². The summed E-state index contributed by atoms with van der Waals surface area (Å²) in [6, 6.07) is 2.36. The molecule has 1 aromatic heterocycles. The van der Waals surface area contributed by atoms with Crippen LogP contribution < -0.4 is 16.0 Å². The van der Waals surface area contributed by atoms with Gasteiger partial charge in [0.2, 0.25) is 0 Å². The minimum atomic E-state index is 0.338. The van der Waals surface area contributed by atoms with Crippen molar-refractivity contribution in [3.63, 3.8) is 0 Å². The van der Waals surface area contributed by atoms with Crippen LogP contribution in [-0.2, 0) is 0 Å². The second-order valence-corrected chi connectivity index (χ2v) is 5.56. The second kappa shape index (κ2) is 6.70. The van der Waals surface area contributed by atoms with Crippen molar-refractivity contribution in [2.75, 3.05) is 30.4 Å². The number of nitrogens with one attached hydrogen (secondary N) is 1. The Hall–Kier alpha value is -1.36. The van der Waals surface area contributed by atoms with E-state index >= 15 is 0 Å². The van der Waals surface area contributed by atoms with E-state index in [2.05, 4.69) is 34.2 Å². The van der Waals surface area contributed by atoms with Gasteiger partial charge in [0.15, 0.2) is 0 Å². The van der Waals surface area contributed by atoms with Gasteiger partial charge >= 0.3 is 0 Å². The molecule has 1 aromatic rings. The van der Waals surface area contributed by atoms with Crippen LogP contribution in [0.2, 0.25) is 0 Å². The third-order valence-corrected chi connectivity index (χ3v) is 3.79. The van der Waals surface area contributed by atoms with Crippen molar-refractivity contribution in [3.05, 3.63) is 12.4 Å². The topological polar surface area (TPSA) is 67.1 Å². The fraction of sp³-hybridized carbons (Fsp3) is 0.714. The van der Waals surface area contributed by atoms with Crippen LogP contribution in [0.3, 0.4) is 0 Å². The van der Waals surface area contributed by atoms with Gasteiger partial charge in [-0.3, -0.25) is 0 Å². The van der Waals surface area contributed by atoms with Gasteiger partial charge in [0, 0.05) is 25.7 Å². The predicted octanol–water partition coefficient (Wildman–Crippen LogP) is 1.86. The average molecular weight is 263 g/mol. The molecular weight excluding hydrogens is 238 g/mol. The van der Waals surface area contributed by atoms with Crippen LogP contribution in [0.25, 0.3) is 0 Å². The Labute approximate surface area is 115 Å². The largest absolute Gasteiger partial charge is 0.367 e. The maximum Gasteiger partial charge on any atom is 0.133 e. The minimum Gasteiger partial charge on any atom is -0.367 e. The lowest BCUT2D eigenvalue weighted by Crippen LogP contribution is -2.30. The zero-order valence-electron chi connectivity index (χ0n) is 12.0. The number of hydrogen-bond acceptors (Lipinski definition) is 5. The zero-order valence-corrected chi connectivity index (χ0v) is 12.0. The minimum absolute atomic E-state index is 0.338. The monoisotopic (exact) mass is 263 g/mol. The van der Waals surface area contributed by atoms with Crippen molar-refractivity contribution in [2.24, 2.45) is 11.7 Å². The Morgan fingerprint density at radius 3 is 2.89 bits per heavy atom. The lowest BCUT2D eigenvalue weighted by atomic mass is 9.85. The Bertz CT molecular complexity index is 391. The molecule has 19 heavy (non-hydrogen) atoms. The van der Waals surface area contributed by atoms with E-state index in [1.807, 2.05) is 6.07 Å². The summed E-state index contributed by atoms with van der Waals surface area (Å²) in [4.78, 5) is 10.8. The van der Waals surface area contributed by atoms with Gasteiger partial charge in [0.1, 0.15) is 18.0 Å². The number of anilines is 2. The van der Waals surface area contributed by atoms with Crippen LogP contribution in [0.15, 0.2) is 12.4 Å². The highest BCUT2D eigenvalue weighted by Crippen LogP contribution is 2.28. The molecule has 1 atom stereocenters. The molecule has 1 heterocycles. The lowest BCUT2D eigenvalue weighted by Gasteiger charge is -2.30. The second-order valence-electron chi connectivity index (χ2n) is 5.56. The van der Waals surface area contributed by atoms with Crippen molar-refractivity contribution in [1.82, 2.24) is 9.97 Å². The van der Waals surface area contributed by atoms with Crippen molar-refractivity contribution >= 4 is 11.6 Å². The molecule has 0 bridgehead atoms. The van der Waals surface area contributed by atoms with Gasteiger partial charge in [-0.05, 0) is 38.6 Å².